The lowest BCUT2D eigenvalue weighted by Crippen LogP contribution is -2.20. The number of hydrogen-bond donors (Lipinski definition) is 3. The molecule has 3 N–H and O–H groups in total. The van der Waals surface area contributed by atoms with Crippen molar-refractivity contribution in [3.8, 4) is 0 Å². The van der Waals surface area contributed by atoms with E-state index in [-0.39, 0.29) is 6.03 Å². The molecule has 0 saturated heterocycles. The summed E-state index contributed by atoms with van der Waals surface area (Å²) in [4.78, 5) is 20.4. The van der Waals surface area contributed by atoms with Crippen LogP contribution < -0.4 is 16.0 Å². The average molecular weight is 382 g/mol. The molecule has 138 valence electrons. The molecule has 0 radical (unpaired) electrons. The van der Waals surface area contributed by atoms with Gasteiger partial charge in [-0.2, -0.15) is 0 Å². The molecule has 0 unspecified atom stereocenters. The third kappa shape index (κ3) is 5.18. The van der Waals surface area contributed by atoms with Crippen LogP contribution in [0, 0.1) is 0 Å². The molecular formula is C20H20ClN5O. The van der Waals surface area contributed by atoms with E-state index < -0.39 is 0 Å². The Bertz CT molecular complexity index is 932. The van der Waals surface area contributed by atoms with Crippen LogP contribution in [-0.4, -0.2) is 16.0 Å². The zero-order valence-electron chi connectivity index (χ0n) is 14.9. The minimum Gasteiger partial charge on any atom is -0.363 e. The van der Waals surface area contributed by atoms with Crippen molar-refractivity contribution in [1.82, 2.24) is 9.97 Å². The summed E-state index contributed by atoms with van der Waals surface area (Å²) in [5.41, 5.74) is 3.58. The minimum absolute atomic E-state index is 0.280. The molecule has 0 bridgehead atoms. The van der Waals surface area contributed by atoms with Crippen molar-refractivity contribution >= 4 is 34.8 Å². The van der Waals surface area contributed by atoms with Crippen molar-refractivity contribution in [2.45, 2.75) is 19.9 Å². The van der Waals surface area contributed by atoms with Crippen LogP contribution in [0.2, 0.25) is 5.15 Å². The maximum Gasteiger partial charge on any atom is 0.323 e. The average Bonchev–Trinajstić information content (AvgIpc) is 2.68. The van der Waals surface area contributed by atoms with E-state index in [1.165, 1.54) is 6.20 Å². The van der Waals surface area contributed by atoms with E-state index in [1.807, 2.05) is 48.5 Å². The summed E-state index contributed by atoms with van der Waals surface area (Å²) >= 11 is 5.99. The second-order valence-electron chi connectivity index (χ2n) is 5.84. The van der Waals surface area contributed by atoms with Gasteiger partial charge in [0.15, 0.2) is 11.0 Å². The van der Waals surface area contributed by atoms with E-state index >= 15 is 0 Å². The van der Waals surface area contributed by atoms with E-state index in [1.54, 1.807) is 6.20 Å². The molecule has 0 atom stereocenters. The Hall–Kier alpha value is -3.12. The Morgan fingerprint density at radius 3 is 2.67 bits per heavy atom. The lowest BCUT2D eigenvalue weighted by molar-refractivity contribution is 0.262. The molecule has 3 aromatic rings. The van der Waals surface area contributed by atoms with Gasteiger partial charge in [-0.15, -0.1) is 0 Å². The standard InChI is InChI=1S/C20H20ClN5O/c1-2-15-7-3-4-9-17(15)26-20(27)25-16-8-5-6-14(12-16)13-24-19-18(21)22-10-11-23-19/h3-12H,2,13H2,1H3,(H,23,24)(H2,25,26,27). The largest absolute Gasteiger partial charge is 0.363 e. The quantitative estimate of drug-likeness (QED) is 0.564. The number of urea groups is 1. The first kappa shape index (κ1) is 18.7. The maximum absolute atomic E-state index is 12.3. The molecule has 3 rings (SSSR count). The highest BCUT2D eigenvalue weighted by molar-refractivity contribution is 6.31. The van der Waals surface area contributed by atoms with Crippen LogP contribution in [0.25, 0.3) is 0 Å². The monoisotopic (exact) mass is 381 g/mol. The molecule has 7 heteroatoms. The van der Waals surface area contributed by atoms with Gasteiger partial charge in [-0.1, -0.05) is 48.9 Å². The summed E-state index contributed by atoms with van der Waals surface area (Å²) in [5.74, 6) is 0.520. The molecule has 2 aromatic carbocycles. The highest BCUT2D eigenvalue weighted by atomic mass is 35.5. The summed E-state index contributed by atoms with van der Waals surface area (Å²) in [6.07, 6.45) is 3.96. The van der Waals surface area contributed by atoms with Gasteiger partial charge >= 0.3 is 6.03 Å². The topological polar surface area (TPSA) is 78.9 Å². The number of aryl methyl sites for hydroxylation is 1. The van der Waals surface area contributed by atoms with Gasteiger partial charge in [0.25, 0.3) is 0 Å². The number of amides is 2. The van der Waals surface area contributed by atoms with Crippen molar-refractivity contribution in [1.29, 1.82) is 0 Å². The molecule has 0 aliphatic rings. The molecule has 0 spiro atoms. The zero-order chi connectivity index (χ0) is 19.1. The summed E-state index contributed by atoms with van der Waals surface area (Å²) in [5, 5.41) is 9.20. The van der Waals surface area contributed by atoms with Crippen LogP contribution in [0.4, 0.5) is 22.0 Å². The number of carbonyl (C=O) groups is 1. The summed E-state index contributed by atoms with van der Waals surface area (Å²) in [6, 6.07) is 15.0. The number of nitrogens with zero attached hydrogens (tertiary/aromatic N) is 2. The van der Waals surface area contributed by atoms with Crippen molar-refractivity contribution in [2.24, 2.45) is 0 Å². The molecule has 0 fully saturated rings. The van der Waals surface area contributed by atoms with E-state index in [0.29, 0.717) is 23.2 Å². The van der Waals surface area contributed by atoms with E-state index in [0.717, 1.165) is 23.2 Å². The summed E-state index contributed by atoms with van der Waals surface area (Å²) in [6.45, 7) is 2.56. The first-order valence-electron chi connectivity index (χ1n) is 8.61. The Kier molecular flexibility index (Phi) is 6.22. The van der Waals surface area contributed by atoms with Crippen LogP contribution in [-0.2, 0) is 13.0 Å². The smallest absolute Gasteiger partial charge is 0.323 e. The van der Waals surface area contributed by atoms with Crippen molar-refractivity contribution in [3.05, 3.63) is 77.2 Å². The fraction of sp³-hybridized carbons (Fsp3) is 0.150. The normalized spacial score (nSPS) is 10.3. The third-order valence-electron chi connectivity index (χ3n) is 3.94. The van der Waals surface area contributed by atoms with Crippen LogP contribution in [0.3, 0.4) is 0 Å². The number of rotatable bonds is 6. The number of carbonyl (C=O) groups excluding carboxylic acids is 1. The second kappa shape index (κ2) is 9.00. The second-order valence-corrected chi connectivity index (χ2v) is 6.20. The van der Waals surface area contributed by atoms with Crippen LogP contribution >= 0.6 is 11.6 Å². The molecule has 1 aromatic heterocycles. The Labute approximate surface area is 163 Å². The maximum atomic E-state index is 12.3. The van der Waals surface area contributed by atoms with E-state index in [9.17, 15) is 4.79 Å². The SMILES string of the molecule is CCc1ccccc1NC(=O)Nc1cccc(CNc2nccnc2Cl)c1. The van der Waals surface area contributed by atoms with Gasteiger partial charge in [0.1, 0.15) is 0 Å². The first-order chi connectivity index (χ1) is 13.2. The van der Waals surface area contributed by atoms with Crippen LogP contribution in [0.15, 0.2) is 60.9 Å². The molecule has 2 amide bonds. The van der Waals surface area contributed by atoms with Crippen molar-refractivity contribution in [3.63, 3.8) is 0 Å². The number of hydrogen-bond acceptors (Lipinski definition) is 4. The van der Waals surface area contributed by atoms with E-state index in [2.05, 4.69) is 32.8 Å². The molecule has 1 heterocycles. The molecule has 6 nitrogen and oxygen atoms in total. The minimum atomic E-state index is -0.280. The zero-order valence-corrected chi connectivity index (χ0v) is 15.6. The number of anilines is 3. The Morgan fingerprint density at radius 1 is 1.04 bits per heavy atom. The number of benzene rings is 2. The van der Waals surface area contributed by atoms with Gasteiger partial charge < -0.3 is 16.0 Å². The summed E-state index contributed by atoms with van der Waals surface area (Å²) in [7, 11) is 0. The van der Waals surface area contributed by atoms with Gasteiger partial charge in [-0.05, 0) is 35.7 Å². The third-order valence-corrected chi connectivity index (χ3v) is 4.22. The summed E-state index contributed by atoms with van der Waals surface area (Å²) < 4.78 is 0. The highest BCUT2D eigenvalue weighted by Gasteiger charge is 2.07. The van der Waals surface area contributed by atoms with Gasteiger partial charge in [0.05, 0.1) is 0 Å². The van der Waals surface area contributed by atoms with Crippen LogP contribution in [0.1, 0.15) is 18.1 Å². The lowest BCUT2D eigenvalue weighted by Gasteiger charge is -2.12. The molecule has 0 aliphatic carbocycles. The Morgan fingerprint density at radius 2 is 1.85 bits per heavy atom. The molecule has 0 saturated carbocycles. The van der Waals surface area contributed by atoms with Gasteiger partial charge in [-0.25, -0.2) is 14.8 Å². The predicted octanol–water partition coefficient (Wildman–Crippen LogP) is 4.95. The lowest BCUT2D eigenvalue weighted by atomic mass is 10.1. The van der Waals surface area contributed by atoms with Gasteiger partial charge in [0.2, 0.25) is 0 Å². The van der Waals surface area contributed by atoms with Gasteiger partial charge in [-0.3, -0.25) is 0 Å². The van der Waals surface area contributed by atoms with Crippen molar-refractivity contribution in [2.75, 3.05) is 16.0 Å². The number of para-hydroxylation sites is 1. The Balaban J connectivity index is 1.61. The fourth-order valence-electron chi connectivity index (χ4n) is 2.62. The number of halogens is 1. The van der Waals surface area contributed by atoms with E-state index in [4.69, 9.17) is 11.6 Å². The highest BCUT2D eigenvalue weighted by Crippen LogP contribution is 2.18. The number of aromatic nitrogens is 2. The molecule has 0 aliphatic heterocycles. The predicted molar refractivity (Wildman–Crippen MR) is 109 cm³/mol. The molecule has 27 heavy (non-hydrogen) atoms. The first-order valence-corrected chi connectivity index (χ1v) is 8.98. The molecular weight excluding hydrogens is 362 g/mol. The van der Waals surface area contributed by atoms with Crippen LogP contribution in [0.5, 0.6) is 0 Å². The fourth-order valence-corrected chi connectivity index (χ4v) is 2.79. The van der Waals surface area contributed by atoms with Crippen molar-refractivity contribution < 1.29 is 4.79 Å². The van der Waals surface area contributed by atoms with Gasteiger partial charge in [0, 0.05) is 30.3 Å². The number of nitrogens with one attached hydrogen (secondary N) is 3.